The molecule has 0 unspecified atom stereocenters. The van der Waals surface area contributed by atoms with Crippen LogP contribution in [0.25, 0.3) is 0 Å². The molecule has 0 bridgehead atoms. The molecule has 0 spiro atoms. The van der Waals surface area contributed by atoms with Crippen molar-refractivity contribution in [3.63, 3.8) is 0 Å². The molecule has 0 saturated carbocycles. The topological polar surface area (TPSA) is 12.0 Å². The Labute approximate surface area is 70.3 Å². The fraction of sp³-hybridized carbons (Fsp3) is 1.00. The Balaban J connectivity index is 2.73. The summed E-state index contributed by atoms with van der Waals surface area (Å²) in [6, 6.07) is 0. The van der Waals surface area contributed by atoms with Crippen LogP contribution in [0.1, 0.15) is 20.3 Å². The third-order valence-electron chi connectivity index (χ3n) is 2.53. The molecule has 72 valence electrons. The Hall–Kier alpha value is -0.250. The summed E-state index contributed by atoms with van der Waals surface area (Å²) in [5.41, 5.74) is -0.656. The predicted molar refractivity (Wildman–Crippen MR) is 40.8 cm³/mol. The average molecular weight is 181 g/mol. The van der Waals surface area contributed by atoms with Gasteiger partial charge in [-0.05, 0) is 18.4 Å². The first kappa shape index (κ1) is 9.84. The molecule has 0 amide bonds. The second-order valence-corrected chi connectivity index (χ2v) is 4.05. The summed E-state index contributed by atoms with van der Waals surface area (Å²) in [6.07, 6.45) is -3.83. The maximum atomic E-state index is 12.4. The maximum Gasteiger partial charge on any atom is 0.392 e. The van der Waals surface area contributed by atoms with Gasteiger partial charge in [-0.2, -0.15) is 13.2 Å². The summed E-state index contributed by atoms with van der Waals surface area (Å²) < 4.78 is 37.2. The molecule has 1 fully saturated rings. The van der Waals surface area contributed by atoms with Crippen LogP contribution in [0.4, 0.5) is 13.2 Å². The summed E-state index contributed by atoms with van der Waals surface area (Å²) in [5.74, 6) is -1.15. The summed E-state index contributed by atoms with van der Waals surface area (Å²) in [5, 5.41) is 2.98. The molecule has 0 aliphatic carbocycles. The van der Waals surface area contributed by atoms with Gasteiger partial charge in [0.25, 0.3) is 0 Å². The zero-order valence-corrected chi connectivity index (χ0v) is 7.33. The largest absolute Gasteiger partial charge is 0.392 e. The lowest BCUT2D eigenvalue weighted by Crippen LogP contribution is -2.48. The Morgan fingerprint density at radius 2 is 1.92 bits per heavy atom. The Kier molecular flexibility index (Phi) is 2.38. The van der Waals surface area contributed by atoms with Gasteiger partial charge >= 0.3 is 6.18 Å². The Bertz CT molecular complexity index is 162. The summed E-state index contributed by atoms with van der Waals surface area (Å²) >= 11 is 0. The zero-order valence-electron chi connectivity index (χ0n) is 7.33. The molecule has 1 rings (SSSR count). The monoisotopic (exact) mass is 181 g/mol. The van der Waals surface area contributed by atoms with E-state index >= 15 is 0 Å². The fourth-order valence-corrected chi connectivity index (χ4v) is 1.78. The Morgan fingerprint density at radius 3 is 2.25 bits per heavy atom. The van der Waals surface area contributed by atoms with Gasteiger partial charge in [0.05, 0.1) is 5.92 Å². The smallest absolute Gasteiger partial charge is 0.316 e. The molecule has 0 radical (unpaired) electrons. The zero-order chi connectivity index (χ0) is 9.41. The van der Waals surface area contributed by atoms with E-state index in [9.17, 15) is 13.2 Å². The molecule has 0 aromatic carbocycles. The van der Waals surface area contributed by atoms with E-state index in [0.29, 0.717) is 13.1 Å². The van der Waals surface area contributed by atoms with E-state index in [2.05, 4.69) is 5.32 Å². The highest BCUT2D eigenvalue weighted by Gasteiger charge is 2.49. The average Bonchev–Trinajstić information content (AvgIpc) is 1.83. The quantitative estimate of drug-likeness (QED) is 0.604. The molecular formula is C8H14F3N. The van der Waals surface area contributed by atoms with Crippen LogP contribution >= 0.6 is 0 Å². The lowest BCUT2D eigenvalue weighted by atomic mass is 9.74. The minimum atomic E-state index is -4.04. The summed E-state index contributed by atoms with van der Waals surface area (Å²) in [4.78, 5) is 0. The highest BCUT2D eigenvalue weighted by atomic mass is 19.4. The van der Waals surface area contributed by atoms with E-state index in [4.69, 9.17) is 0 Å². The summed E-state index contributed by atoms with van der Waals surface area (Å²) in [6.45, 7) is 4.26. The van der Waals surface area contributed by atoms with Crippen LogP contribution in [0.3, 0.4) is 0 Å². The van der Waals surface area contributed by atoms with E-state index in [1.807, 2.05) is 0 Å². The number of halogens is 3. The molecule has 0 aromatic heterocycles. The molecule has 1 nitrogen and oxygen atoms in total. The number of nitrogens with one attached hydrogen (secondary N) is 1. The number of alkyl halides is 3. The van der Waals surface area contributed by atoms with Crippen LogP contribution in [0.15, 0.2) is 0 Å². The van der Waals surface area contributed by atoms with E-state index in [0.717, 1.165) is 0 Å². The van der Waals surface area contributed by atoms with E-state index in [-0.39, 0.29) is 6.42 Å². The predicted octanol–water partition coefficient (Wildman–Crippen LogP) is 2.18. The van der Waals surface area contributed by atoms with Crippen molar-refractivity contribution < 1.29 is 13.2 Å². The Morgan fingerprint density at radius 1 is 1.33 bits per heavy atom. The maximum absolute atomic E-state index is 12.4. The van der Waals surface area contributed by atoms with Crippen LogP contribution in [0, 0.1) is 11.3 Å². The molecule has 12 heavy (non-hydrogen) atoms. The number of hydrogen-bond acceptors (Lipinski definition) is 1. The van der Waals surface area contributed by atoms with Crippen LogP contribution < -0.4 is 5.32 Å². The molecule has 1 N–H and O–H groups in total. The number of rotatable bonds is 0. The highest BCUT2D eigenvalue weighted by molar-refractivity contribution is 4.89. The van der Waals surface area contributed by atoms with Crippen molar-refractivity contribution in [2.45, 2.75) is 26.4 Å². The van der Waals surface area contributed by atoms with Crippen LogP contribution in [-0.2, 0) is 0 Å². The van der Waals surface area contributed by atoms with Gasteiger partial charge in [0, 0.05) is 6.54 Å². The van der Waals surface area contributed by atoms with Crippen molar-refractivity contribution in [1.29, 1.82) is 0 Å². The van der Waals surface area contributed by atoms with Crippen molar-refractivity contribution >= 4 is 0 Å². The molecule has 1 aliphatic heterocycles. The van der Waals surface area contributed by atoms with E-state index in [1.165, 1.54) is 0 Å². The second kappa shape index (κ2) is 2.91. The van der Waals surface area contributed by atoms with Gasteiger partial charge in [-0.15, -0.1) is 0 Å². The lowest BCUT2D eigenvalue weighted by molar-refractivity contribution is -0.208. The first-order chi connectivity index (χ1) is 5.34. The van der Waals surface area contributed by atoms with Gasteiger partial charge in [-0.1, -0.05) is 13.8 Å². The van der Waals surface area contributed by atoms with Crippen LogP contribution in [0.5, 0.6) is 0 Å². The van der Waals surface area contributed by atoms with Crippen molar-refractivity contribution in [2.24, 2.45) is 11.3 Å². The van der Waals surface area contributed by atoms with E-state index in [1.54, 1.807) is 13.8 Å². The van der Waals surface area contributed by atoms with Gasteiger partial charge in [0.2, 0.25) is 0 Å². The minimum absolute atomic E-state index is 0.205. The minimum Gasteiger partial charge on any atom is -0.316 e. The normalized spacial score (nSPS) is 30.2. The van der Waals surface area contributed by atoms with Gasteiger partial charge in [0.15, 0.2) is 0 Å². The molecule has 1 saturated heterocycles. The van der Waals surface area contributed by atoms with Crippen molar-refractivity contribution in [1.82, 2.24) is 5.32 Å². The van der Waals surface area contributed by atoms with Crippen LogP contribution in [0.2, 0.25) is 0 Å². The third-order valence-corrected chi connectivity index (χ3v) is 2.53. The second-order valence-electron chi connectivity index (χ2n) is 4.05. The first-order valence-corrected chi connectivity index (χ1v) is 4.11. The number of hydrogen-bond donors (Lipinski definition) is 1. The van der Waals surface area contributed by atoms with Gasteiger partial charge in [0.1, 0.15) is 0 Å². The SMILES string of the molecule is CC1(C)CNCC[C@H]1C(F)(F)F. The molecule has 0 aromatic rings. The molecule has 1 heterocycles. The number of piperidine rings is 1. The van der Waals surface area contributed by atoms with Crippen molar-refractivity contribution in [3.05, 3.63) is 0 Å². The van der Waals surface area contributed by atoms with Gasteiger partial charge < -0.3 is 5.32 Å². The van der Waals surface area contributed by atoms with E-state index < -0.39 is 17.5 Å². The molecule has 1 atom stereocenters. The van der Waals surface area contributed by atoms with Gasteiger partial charge in [-0.25, -0.2) is 0 Å². The lowest BCUT2D eigenvalue weighted by Gasteiger charge is -2.39. The first-order valence-electron chi connectivity index (χ1n) is 4.11. The highest BCUT2D eigenvalue weighted by Crippen LogP contribution is 2.42. The molecular weight excluding hydrogens is 167 g/mol. The fourth-order valence-electron chi connectivity index (χ4n) is 1.78. The van der Waals surface area contributed by atoms with Crippen LogP contribution in [-0.4, -0.2) is 19.3 Å². The summed E-state index contributed by atoms with van der Waals surface area (Å²) in [7, 11) is 0. The standard InChI is InChI=1S/C8H14F3N/c1-7(2)5-12-4-3-6(7)8(9,10)11/h6,12H,3-5H2,1-2H3/t6-/m1/s1. The van der Waals surface area contributed by atoms with Crippen molar-refractivity contribution in [3.8, 4) is 0 Å². The van der Waals surface area contributed by atoms with Crippen molar-refractivity contribution in [2.75, 3.05) is 13.1 Å². The molecule has 1 aliphatic rings. The molecule has 4 heteroatoms. The van der Waals surface area contributed by atoms with Gasteiger partial charge in [-0.3, -0.25) is 0 Å². The third kappa shape index (κ3) is 1.91.